The molecule has 0 bridgehead atoms. The Balaban J connectivity index is 1.59. The average Bonchev–Trinajstić information content (AvgIpc) is 3.44. The highest BCUT2D eigenvalue weighted by Gasteiger charge is 2.36. The summed E-state index contributed by atoms with van der Waals surface area (Å²) in [6, 6.07) is 5.37. The number of ether oxygens (including phenoxy) is 3. The summed E-state index contributed by atoms with van der Waals surface area (Å²) in [4.78, 5) is 38.6. The molecule has 9 nitrogen and oxygen atoms in total. The number of likely N-dealkylation sites (tertiary alicyclic amines) is 1. The van der Waals surface area contributed by atoms with E-state index in [1.807, 2.05) is 0 Å². The van der Waals surface area contributed by atoms with Crippen molar-refractivity contribution in [1.29, 1.82) is 0 Å². The Morgan fingerprint density at radius 3 is 2.67 bits per heavy atom. The van der Waals surface area contributed by atoms with Crippen molar-refractivity contribution in [2.75, 3.05) is 32.7 Å². The second-order valence-corrected chi connectivity index (χ2v) is 6.88. The van der Waals surface area contributed by atoms with Crippen LogP contribution in [0.3, 0.4) is 0 Å². The molecule has 10 heteroatoms. The first-order chi connectivity index (χ1) is 14.4. The van der Waals surface area contributed by atoms with Crippen LogP contribution in [0, 0.1) is 0 Å². The van der Waals surface area contributed by atoms with Gasteiger partial charge in [-0.05, 0) is 31.0 Å². The van der Waals surface area contributed by atoms with Crippen molar-refractivity contribution in [2.45, 2.75) is 18.9 Å². The number of halogens is 1. The molecule has 1 aliphatic heterocycles. The van der Waals surface area contributed by atoms with Crippen molar-refractivity contribution in [1.82, 2.24) is 4.90 Å². The summed E-state index contributed by atoms with van der Waals surface area (Å²) in [5.41, 5.74) is 0.305. The number of benzene rings is 1. The van der Waals surface area contributed by atoms with E-state index < -0.39 is 24.5 Å². The van der Waals surface area contributed by atoms with Crippen molar-refractivity contribution in [2.24, 2.45) is 0 Å². The van der Waals surface area contributed by atoms with Crippen LogP contribution in [0.4, 0.5) is 5.69 Å². The van der Waals surface area contributed by atoms with Crippen LogP contribution in [0.5, 0.6) is 11.5 Å². The molecule has 1 aliphatic rings. The lowest BCUT2D eigenvalue weighted by Gasteiger charge is -2.22. The maximum absolute atomic E-state index is 12.5. The van der Waals surface area contributed by atoms with E-state index in [0.717, 1.165) is 0 Å². The third kappa shape index (κ3) is 4.68. The zero-order valence-electron chi connectivity index (χ0n) is 16.5. The largest absolute Gasteiger partial charge is 0.495 e. The number of carbonyl (C=O) groups excluding carboxylic acids is 3. The number of furan rings is 1. The van der Waals surface area contributed by atoms with E-state index in [0.29, 0.717) is 36.6 Å². The quantitative estimate of drug-likeness (QED) is 0.665. The second kappa shape index (κ2) is 9.53. The predicted molar refractivity (Wildman–Crippen MR) is 107 cm³/mol. The van der Waals surface area contributed by atoms with Gasteiger partial charge in [0.2, 0.25) is 0 Å². The fourth-order valence-corrected chi connectivity index (χ4v) is 3.41. The molecule has 1 aromatic heterocycles. The lowest BCUT2D eigenvalue weighted by atomic mass is 10.2. The summed E-state index contributed by atoms with van der Waals surface area (Å²) in [5, 5.41) is 2.86. The number of hydrogen-bond acceptors (Lipinski definition) is 7. The molecule has 160 valence electrons. The lowest BCUT2D eigenvalue weighted by molar-refractivity contribution is -0.151. The smallest absolute Gasteiger partial charge is 0.329 e. The molecule has 0 saturated carbocycles. The van der Waals surface area contributed by atoms with Crippen molar-refractivity contribution >= 4 is 35.1 Å². The lowest BCUT2D eigenvalue weighted by Crippen LogP contribution is -2.42. The van der Waals surface area contributed by atoms with Crippen LogP contribution in [0.1, 0.15) is 23.4 Å². The van der Waals surface area contributed by atoms with Crippen LogP contribution < -0.4 is 14.8 Å². The van der Waals surface area contributed by atoms with Crippen molar-refractivity contribution < 1.29 is 33.0 Å². The Labute approximate surface area is 177 Å². The van der Waals surface area contributed by atoms with Gasteiger partial charge >= 0.3 is 5.97 Å². The third-order valence-corrected chi connectivity index (χ3v) is 4.91. The molecule has 0 unspecified atom stereocenters. The molecule has 2 aromatic rings. The first-order valence-electron chi connectivity index (χ1n) is 9.17. The van der Waals surface area contributed by atoms with Gasteiger partial charge in [0.1, 0.15) is 17.5 Å². The Morgan fingerprint density at radius 1 is 1.23 bits per heavy atom. The van der Waals surface area contributed by atoms with Gasteiger partial charge in [-0.3, -0.25) is 9.59 Å². The van der Waals surface area contributed by atoms with Gasteiger partial charge in [0, 0.05) is 12.6 Å². The zero-order valence-corrected chi connectivity index (χ0v) is 17.2. The van der Waals surface area contributed by atoms with Crippen LogP contribution in [-0.2, 0) is 14.3 Å². The Bertz CT molecular complexity index is 929. The minimum atomic E-state index is -0.764. The summed E-state index contributed by atoms with van der Waals surface area (Å²) in [5.74, 6) is -0.744. The molecule has 2 amide bonds. The third-order valence-electron chi connectivity index (χ3n) is 4.61. The number of nitrogens with zero attached hydrogens (tertiary/aromatic N) is 1. The molecule has 0 radical (unpaired) electrons. The molecule has 30 heavy (non-hydrogen) atoms. The number of esters is 1. The SMILES string of the molecule is COc1cc(OC)c(NC(=O)COC(=O)[C@@H]2CCCN2C(=O)c2ccco2)cc1Cl. The molecule has 2 heterocycles. The maximum atomic E-state index is 12.5. The van der Waals surface area contributed by atoms with Gasteiger partial charge in [-0.25, -0.2) is 4.79 Å². The standard InChI is InChI=1S/C20H21ClN2O7/c1-27-16-10-17(28-2)13(9-12(16)21)22-18(24)11-30-20(26)14-5-3-7-23(14)19(25)15-6-4-8-29-15/h4,6,8-10,14H,3,5,7,11H2,1-2H3,(H,22,24)/t14-/m0/s1. The highest BCUT2D eigenvalue weighted by atomic mass is 35.5. The van der Waals surface area contributed by atoms with E-state index in [2.05, 4.69) is 5.32 Å². The number of anilines is 1. The molecule has 1 aromatic carbocycles. The molecule has 1 atom stereocenters. The van der Waals surface area contributed by atoms with Crippen LogP contribution in [0.25, 0.3) is 0 Å². The normalized spacial score (nSPS) is 15.6. The summed E-state index contributed by atoms with van der Waals surface area (Å²) >= 11 is 6.08. The monoisotopic (exact) mass is 436 g/mol. The number of rotatable bonds is 7. The Hall–Kier alpha value is -3.20. The number of hydrogen-bond donors (Lipinski definition) is 1. The number of amides is 2. The molecular weight excluding hydrogens is 416 g/mol. The minimum absolute atomic E-state index is 0.149. The predicted octanol–water partition coefficient (Wildman–Crippen LogP) is 2.74. The van der Waals surface area contributed by atoms with E-state index in [1.54, 1.807) is 6.07 Å². The number of carbonyl (C=O) groups is 3. The van der Waals surface area contributed by atoms with Gasteiger partial charge in [-0.2, -0.15) is 0 Å². The fourth-order valence-electron chi connectivity index (χ4n) is 3.17. The van der Waals surface area contributed by atoms with Gasteiger partial charge in [-0.15, -0.1) is 0 Å². The van der Waals surface area contributed by atoms with Crippen LogP contribution >= 0.6 is 11.6 Å². The summed E-state index contributed by atoms with van der Waals surface area (Å²) in [6.45, 7) is -0.113. The van der Waals surface area contributed by atoms with E-state index in [-0.39, 0.29) is 16.7 Å². The van der Waals surface area contributed by atoms with Crippen molar-refractivity contribution in [3.05, 3.63) is 41.3 Å². The summed E-state index contributed by atoms with van der Waals surface area (Å²) in [6.07, 6.45) is 2.50. The summed E-state index contributed by atoms with van der Waals surface area (Å²) < 4.78 is 20.6. The topological polar surface area (TPSA) is 107 Å². The molecule has 1 N–H and O–H groups in total. The first kappa shape index (κ1) is 21.5. The van der Waals surface area contributed by atoms with E-state index in [4.69, 9.17) is 30.2 Å². The number of methoxy groups -OCH3 is 2. The van der Waals surface area contributed by atoms with Crippen molar-refractivity contribution in [3.63, 3.8) is 0 Å². The number of nitrogens with one attached hydrogen (secondary N) is 1. The fraction of sp³-hybridized carbons (Fsp3) is 0.350. The van der Waals surface area contributed by atoms with Gasteiger partial charge in [0.05, 0.1) is 31.2 Å². The molecule has 3 rings (SSSR count). The molecule has 1 saturated heterocycles. The Morgan fingerprint density at radius 2 is 2.00 bits per heavy atom. The van der Waals surface area contributed by atoms with Gasteiger partial charge < -0.3 is 28.8 Å². The highest BCUT2D eigenvalue weighted by molar-refractivity contribution is 6.32. The summed E-state index contributed by atoms with van der Waals surface area (Å²) in [7, 11) is 2.89. The second-order valence-electron chi connectivity index (χ2n) is 6.48. The van der Waals surface area contributed by atoms with Crippen molar-refractivity contribution in [3.8, 4) is 11.5 Å². The van der Waals surface area contributed by atoms with Crippen LogP contribution in [0.2, 0.25) is 5.02 Å². The maximum Gasteiger partial charge on any atom is 0.329 e. The van der Waals surface area contributed by atoms with Crippen LogP contribution in [-0.4, -0.2) is 56.1 Å². The first-order valence-corrected chi connectivity index (χ1v) is 9.55. The van der Waals surface area contributed by atoms with E-state index in [9.17, 15) is 14.4 Å². The van der Waals surface area contributed by atoms with Gasteiger partial charge in [-0.1, -0.05) is 11.6 Å². The average molecular weight is 437 g/mol. The van der Waals surface area contributed by atoms with E-state index in [1.165, 1.54) is 43.6 Å². The molecular formula is C20H21ClN2O7. The van der Waals surface area contributed by atoms with Gasteiger partial charge in [0.25, 0.3) is 11.8 Å². The highest BCUT2D eigenvalue weighted by Crippen LogP contribution is 2.35. The zero-order chi connectivity index (χ0) is 21.7. The molecule has 0 aliphatic carbocycles. The molecule has 1 fully saturated rings. The van der Waals surface area contributed by atoms with E-state index >= 15 is 0 Å². The Kier molecular flexibility index (Phi) is 6.83. The van der Waals surface area contributed by atoms with Crippen LogP contribution in [0.15, 0.2) is 34.9 Å². The van der Waals surface area contributed by atoms with Gasteiger partial charge in [0.15, 0.2) is 12.4 Å². The molecule has 0 spiro atoms. The minimum Gasteiger partial charge on any atom is -0.495 e.